The first kappa shape index (κ1) is 16.6. The number of rotatable bonds is 5. The van der Waals surface area contributed by atoms with E-state index in [2.05, 4.69) is 15.1 Å². The van der Waals surface area contributed by atoms with E-state index in [1.165, 1.54) is 12.5 Å². The summed E-state index contributed by atoms with van der Waals surface area (Å²) in [5.74, 6) is -0.00816. The molecule has 7 nitrogen and oxygen atoms in total. The Kier molecular flexibility index (Phi) is 4.74. The van der Waals surface area contributed by atoms with E-state index in [1.54, 1.807) is 15.8 Å². The lowest BCUT2D eigenvalue weighted by Crippen LogP contribution is -2.36. The summed E-state index contributed by atoms with van der Waals surface area (Å²) in [5, 5.41) is 4.38. The van der Waals surface area contributed by atoms with Gasteiger partial charge in [0.2, 0.25) is 0 Å². The summed E-state index contributed by atoms with van der Waals surface area (Å²) in [5.41, 5.74) is 8.03. The van der Waals surface area contributed by atoms with Crippen molar-refractivity contribution >= 4 is 11.7 Å². The molecule has 0 saturated carbocycles. The lowest BCUT2D eigenvalue weighted by molar-refractivity contribution is 0.0690. The molecule has 1 aromatic carbocycles. The number of hydrogen-bond donors (Lipinski definition) is 1. The summed E-state index contributed by atoms with van der Waals surface area (Å²) in [6.45, 7) is 4.34. The van der Waals surface area contributed by atoms with Gasteiger partial charge in [-0.15, -0.1) is 0 Å². The van der Waals surface area contributed by atoms with Crippen LogP contribution in [0.4, 0.5) is 5.82 Å². The molecule has 128 valence electrons. The zero-order valence-corrected chi connectivity index (χ0v) is 14.2. The number of para-hydroxylation sites is 1. The second kappa shape index (κ2) is 7.12. The van der Waals surface area contributed by atoms with E-state index < -0.39 is 0 Å². The number of benzene rings is 1. The van der Waals surface area contributed by atoms with Crippen LogP contribution in [0, 0.1) is 0 Å². The summed E-state index contributed by atoms with van der Waals surface area (Å²) in [4.78, 5) is 22.4. The lowest BCUT2D eigenvalue weighted by atomic mass is 10.2. The van der Waals surface area contributed by atoms with E-state index >= 15 is 0 Å². The molecule has 7 heteroatoms. The molecule has 0 fully saturated rings. The van der Waals surface area contributed by atoms with Crippen molar-refractivity contribution in [3.8, 4) is 5.69 Å². The zero-order valence-electron chi connectivity index (χ0n) is 14.2. The first-order valence-electron chi connectivity index (χ1n) is 8.01. The second-order valence-corrected chi connectivity index (χ2v) is 5.98. The Labute approximate surface area is 146 Å². The molecule has 0 spiro atoms. The van der Waals surface area contributed by atoms with Crippen LogP contribution in [-0.2, 0) is 6.54 Å². The van der Waals surface area contributed by atoms with Gasteiger partial charge in [0.05, 0.1) is 11.9 Å². The van der Waals surface area contributed by atoms with Crippen LogP contribution in [0.2, 0.25) is 0 Å². The maximum Gasteiger partial charge on any atom is 0.259 e. The zero-order chi connectivity index (χ0) is 17.8. The van der Waals surface area contributed by atoms with Crippen LogP contribution in [0.25, 0.3) is 5.69 Å². The number of nitrogens with zero attached hydrogens (tertiary/aromatic N) is 5. The largest absolute Gasteiger partial charge is 0.383 e. The van der Waals surface area contributed by atoms with E-state index in [0.717, 1.165) is 11.3 Å². The Balaban J connectivity index is 1.82. The number of anilines is 1. The summed E-state index contributed by atoms with van der Waals surface area (Å²) >= 11 is 0. The molecule has 0 aliphatic rings. The van der Waals surface area contributed by atoms with Gasteiger partial charge in [-0.05, 0) is 26.0 Å². The first-order valence-corrected chi connectivity index (χ1v) is 8.01. The van der Waals surface area contributed by atoms with Crippen molar-refractivity contribution in [2.75, 3.05) is 5.73 Å². The highest BCUT2D eigenvalue weighted by Crippen LogP contribution is 2.16. The van der Waals surface area contributed by atoms with Crippen LogP contribution in [0.1, 0.15) is 29.8 Å². The van der Waals surface area contributed by atoms with Gasteiger partial charge >= 0.3 is 0 Å². The van der Waals surface area contributed by atoms with Crippen LogP contribution < -0.4 is 5.73 Å². The van der Waals surface area contributed by atoms with Crippen molar-refractivity contribution in [1.29, 1.82) is 0 Å². The Morgan fingerprint density at radius 3 is 2.68 bits per heavy atom. The van der Waals surface area contributed by atoms with E-state index in [4.69, 9.17) is 5.73 Å². The molecule has 3 aromatic rings. The molecule has 0 aliphatic carbocycles. The molecule has 0 aliphatic heterocycles. The minimum Gasteiger partial charge on any atom is -0.383 e. The van der Waals surface area contributed by atoms with Crippen LogP contribution in [-0.4, -0.2) is 36.6 Å². The number of nitrogens with two attached hydrogens (primary N) is 1. The van der Waals surface area contributed by atoms with E-state index in [9.17, 15) is 4.79 Å². The van der Waals surface area contributed by atoms with Gasteiger partial charge in [-0.2, -0.15) is 5.10 Å². The average molecular weight is 336 g/mol. The van der Waals surface area contributed by atoms with Crippen molar-refractivity contribution in [3.05, 3.63) is 66.4 Å². The minimum atomic E-state index is -0.194. The first-order chi connectivity index (χ1) is 12.1. The fourth-order valence-electron chi connectivity index (χ4n) is 2.51. The minimum absolute atomic E-state index is 0.00724. The molecule has 0 saturated heterocycles. The van der Waals surface area contributed by atoms with Gasteiger partial charge in [0.25, 0.3) is 5.91 Å². The van der Waals surface area contributed by atoms with Gasteiger partial charge in [-0.1, -0.05) is 18.2 Å². The van der Waals surface area contributed by atoms with Crippen LogP contribution in [0.15, 0.2) is 55.2 Å². The van der Waals surface area contributed by atoms with Crippen LogP contribution in [0.5, 0.6) is 0 Å². The molecule has 0 radical (unpaired) electrons. The standard InChI is InChI=1S/C18H20N6O/c1-13(2)23(18(25)16-9-20-12-21-17(16)19)10-14-8-22-24(11-14)15-6-4-3-5-7-15/h3-9,11-13H,10H2,1-2H3,(H2,19,20,21). The van der Waals surface area contributed by atoms with E-state index in [1.807, 2.05) is 50.4 Å². The monoisotopic (exact) mass is 336 g/mol. The number of carbonyl (C=O) groups is 1. The Morgan fingerprint density at radius 1 is 1.24 bits per heavy atom. The summed E-state index contributed by atoms with van der Waals surface area (Å²) in [7, 11) is 0. The Morgan fingerprint density at radius 2 is 2.00 bits per heavy atom. The average Bonchev–Trinajstić information content (AvgIpc) is 3.09. The SMILES string of the molecule is CC(C)N(Cc1cnn(-c2ccccc2)c1)C(=O)c1cncnc1N. The number of amides is 1. The normalized spacial score (nSPS) is 10.8. The van der Waals surface area contributed by atoms with Gasteiger partial charge in [0, 0.05) is 30.5 Å². The predicted molar refractivity (Wildman–Crippen MR) is 95.0 cm³/mol. The third-order valence-electron chi connectivity index (χ3n) is 3.87. The summed E-state index contributed by atoms with van der Waals surface area (Å²) in [6.07, 6.45) is 6.46. The molecule has 2 aromatic heterocycles. The van der Waals surface area contributed by atoms with Crippen molar-refractivity contribution in [3.63, 3.8) is 0 Å². The van der Waals surface area contributed by atoms with Crippen molar-refractivity contribution in [2.45, 2.75) is 26.4 Å². The predicted octanol–water partition coefficient (Wildman–Crippen LogP) is 2.30. The number of carbonyl (C=O) groups excluding carboxylic acids is 1. The second-order valence-electron chi connectivity index (χ2n) is 5.98. The molecule has 25 heavy (non-hydrogen) atoms. The third-order valence-corrected chi connectivity index (χ3v) is 3.87. The molecule has 3 rings (SSSR count). The van der Waals surface area contributed by atoms with Crippen molar-refractivity contribution in [1.82, 2.24) is 24.6 Å². The highest BCUT2D eigenvalue weighted by atomic mass is 16.2. The number of nitrogen functional groups attached to an aromatic ring is 1. The number of hydrogen-bond acceptors (Lipinski definition) is 5. The Hall–Kier alpha value is -3.22. The smallest absolute Gasteiger partial charge is 0.259 e. The highest BCUT2D eigenvalue weighted by Gasteiger charge is 2.22. The fraction of sp³-hybridized carbons (Fsp3) is 0.222. The highest BCUT2D eigenvalue weighted by molar-refractivity contribution is 5.98. The molecule has 1 amide bonds. The molecule has 0 bridgehead atoms. The van der Waals surface area contributed by atoms with E-state index in [-0.39, 0.29) is 17.8 Å². The fourth-order valence-corrected chi connectivity index (χ4v) is 2.51. The topological polar surface area (TPSA) is 89.9 Å². The molecule has 0 atom stereocenters. The maximum atomic E-state index is 12.8. The van der Waals surface area contributed by atoms with Gasteiger partial charge in [0.15, 0.2) is 0 Å². The lowest BCUT2D eigenvalue weighted by Gasteiger charge is -2.26. The van der Waals surface area contributed by atoms with Gasteiger partial charge < -0.3 is 10.6 Å². The molecular formula is C18H20N6O. The van der Waals surface area contributed by atoms with Crippen LogP contribution >= 0.6 is 0 Å². The molecular weight excluding hydrogens is 316 g/mol. The molecule has 0 unspecified atom stereocenters. The summed E-state index contributed by atoms with van der Waals surface area (Å²) < 4.78 is 1.79. The van der Waals surface area contributed by atoms with Gasteiger partial charge in [-0.3, -0.25) is 4.79 Å². The molecule has 2 heterocycles. The Bertz CT molecular complexity index is 859. The maximum absolute atomic E-state index is 12.8. The molecule has 2 N–H and O–H groups in total. The van der Waals surface area contributed by atoms with Crippen molar-refractivity contribution in [2.24, 2.45) is 0 Å². The van der Waals surface area contributed by atoms with Crippen molar-refractivity contribution < 1.29 is 4.79 Å². The van der Waals surface area contributed by atoms with E-state index in [0.29, 0.717) is 12.1 Å². The summed E-state index contributed by atoms with van der Waals surface area (Å²) in [6, 6.07) is 9.82. The number of aromatic nitrogens is 4. The van der Waals surface area contributed by atoms with Gasteiger partial charge in [-0.25, -0.2) is 14.6 Å². The van der Waals surface area contributed by atoms with Crippen LogP contribution in [0.3, 0.4) is 0 Å². The van der Waals surface area contributed by atoms with Gasteiger partial charge in [0.1, 0.15) is 17.7 Å². The quantitative estimate of drug-likeness (QED) is 0.772. The third kappa shape index (κ3) is 3.65.